The molecule has 0 heterocycles. The van der Waals surface area contributed by atoms with Crippen LogP contribution in [-0.4, -0.2) is 5.97 Å². The molecule has 2 rings (SSSR count). The molecule has 0 atom stereocenters. The van der Waals surface area contributed by atoms with E-state index in [0.717, 1.165) is 21.2 Å². The third kappa shape index (κ3) is 3.24. The Kier molecular flexibility index (Phi) is 4.05. The van der Waals surface area contributed by atoms with Crippen LogP contribution in [0.5, 0.6) is 5.75 Å². The van der Waals surface area contributed by atoms with Crippen molar-refractivity contribution in [2.24, 2.45) is 0 Å². The molecule has 0 N–H and O–H groups in total. The molecule has 0 aliphatic carbocycles. The van der Waals surface area contributed by atoms with E-state index in [-0.39, 0.29) is 5.97 Å². The van der Waals surface area contributed by atoms with Gasteiger partial charge < -0.3 is 4.74 Å². The number of ether oxygens (including phenoxy) is 1. The molecule has 0 spiro atoms. The van der Waals surface area contributed by atoms with E-state index in [9.17, 15) is 4.79 Å². The molecule has 0 saturated heterocycles. The number of halogens is 1. The molecule has 2 aromatic carbocycles. The fourth-order valence-electron chi connectivity index (χ4n) is 2.00. The second-order valence-corrected chi connectivity index (χ2v) is 5.53. The monoisotopic (exact) mass is 318 g/mol. The van der Waals surface area contributed by atoms with Crippen LogP contribution in [0, 0.1) is 20.8 Å². The molecule has 0 aromatic heterocycles. The molecule has 0 aliphatic rings. The highest BCUT2D eigenvalue weighted by Gasteiger charge is 2.15. The maximum absolute atomic E-state index is 12.2. The van der Waals surface area contributed by atoms with Crippen LogP contribution in [-0.2, 0) is 0 Å². The lowest BCUT2D eigenvalue weighted by atomic mass is 10.0. The number of carbonyl (C=O) groups is 1. The number of hydrogen-bond donors (Lipinski definition) is 0. The van der Waals surface area contributed by atoms with E-state index in [1.54, 1.807) is 12.1 Å². The molecule has 0 fully saturated rings. The van der Waals surface area contributed by atoms with Crippen LogP contribution in [0.2, 0.25) is 0 Å². The molecule has 2 nitrogen and oxygen atoms in total. The minimum absolute atomic E-state index is 0.314. The van der Waals surface area contributed by atoms with Crippen LogP contribution in [0.15, 0.2) is 40.9 Å². The van der Waals surface area contributed by atoms with Gasteiger partial charge in [0.05, 0.1) is 5.56 Å². The van der Waals surface area contributed by atoms with E-state index in [0.29, 0.717) is 11.3 Å². The molecule has 0 saturated carbocycles. The lowest BCUT2D eigenvalue weighted by molar-refractivity contribution is 0.0733. The number of carbonyl (C=O) groups excluding carboxylic acids is 1. The van der Waals surface area contributed by atoms with Gasteiger partial charge in [0.1, 0.15) is 5.75 Å². The Hall–Kier alpha value is -1.61. The third-order valence-corrected chi connectivity index (χ3v) is 3.39. The first-order chi connectivity index (χ1) is 8.97. The van der Waals surface area contributed by atoms with E-state index in [1.807, 2.05) is 45.0 Å². The molecule has 98 valence electrons. The average Bonchev–Trinajstić information content (AvgIpc) is 2.30. The Morgan fingerprint density at radius 2 is 1.53 bits per heavy atom. The largest absolute Gasteiger partial charge is 0.423 e. The Bertz CT molecular complexity index is 592. The Morgan fingerprint density at radius 3 is 2.05 bits per heavy atom. The zero-order valence-corrected chi connectivity index (χ0v) is 12.7. The number of rotatable bonds is 2. The van der Waals surface area contributed by atoms with Gasteiger partial charge in [0.15, 0.2) is 0 Å². The van der Waals surface area contributed by atoms with Crippen molar-refractivity contribution in [3.05, 3.63) is 63.1 Å². The highest BCUT2D eigenvalue weighted by atomic mass is 79.9. The normalized spacial score (nSPS) is 10.3. The van der Waals surface area contributed by atoms with Crippen molar-refractivity contribution in [3.8, 4) is 5.75 Å². The van der Waals surface area contributed by atoms with Gasteiger partial charge >= 0.3 is 5.97 Å². The fourth-order valence-corrected chi connectivity index (χ4v) is 2.68. The van der Waals surface area contributed by atoms with Gasteiger partial charge in [0.25, 0.3) is 0 Å². The SMILES string of the molecule is Cc1ccc(OC(=O)c2c(C)cc(Br)cc2C)cc1. The van der Waals surface area contributed by atoms with Crippen molar-refractivity contribution in [1.82, 2.24) is 0 Å². The summed E-state index contributed by atoms with van der Waals surface area (Å²) in [5.41, 5.74) is 3.58. The summed E-state index contributed by atoms with van der Waals surface area (Å²) in [6.07, 6.45) is 0. The van der Waals surface area contributed by atoms with Crippen LogP contribution in [0.1, 0.15) is 27.0 Å². The molecule has 19 heavy (non-hydrogen) atoms. The highest BCUT2D eigenvalue weighted by Crippen LogP contribution is 2.22. The van der Waals surface area contributed by atoms with Crippen molar-refractivity contribution >= 4 is 21.9 Å². The average molecular weight is 319 g/mol. The smallest absolute Gasteiger partial charge is 0.344 e. The summed E-state index contributed by atoms with van der Waals surface area (Å²) in [4.78, 5) is 12.2. The van der Waals surface area contributed by atoms with Gasteiger partial charge in [-0.3, -0.25) is 0 Å². The summed E-state index contributed by atoms with van der Waals surface area (Å²) in [6.45, 7) is 5.81. The van der Waals surface area contributed by atoms with Crippen LogP contribution in [0.25, 0.3) is 0 Å². The van der Waals surface area contributed by atoms with Gasteiger partial charge in [0.2, 0.25) is 0 Å². The zero-order valence-electron chi connectivity index (χ0n) is 11.2. The number of hydrogen-bond acceptors (Lipinski definition) is 2. The Morgan fingerprint density at radius 1 is 1.00 bits per heavy atom. The van der Waals surface area contributed by atoms with Crippen LogP contribution in [0.3, 0.4) is 0 Å². The maximum atomic E-state index is 12.2. The molecule has 0 aliphatic heterocycles. The van der Waals surface area contributed by atoms with E-state index in [2.05, 4.69) is 15.9 Å². The molecular weight excluding hydrogens is 304 g/mol. The Labute approximate surface area is 121 Å². The van der Waals surface area contributed by atoms with Crippen molar-refractivity contribution in [1.29, 1.82) is 0 Å². The lowest BCUT2D eigenvalue weighted by Gasteiger charge is -2.10. The van der Waals surface area contributed by atoms with E-state index >= 15 is 0 Å². The van der Waals surface area contributed by atoms with Gasteiger partial charge in [0, 0.05) is 4.47 Å². The standard InChI is InChI=1S/C16H15BrO2/c1-10-4-6-14(7-5-10)19-16(18)15-11(2)8-13(17)9-12(15)3/h4-9H,1-3H3. The second-order valence-electron chi connectivity index (χ2n) is 4.62. The Balaban J connectivity index is 2.28. The van der Waals surface area contributed by atoms with Gasteiger partial charge in [-0.1, -0.05) is 33.6 Å². The first-order valence-corrected chi connectivity index (χ1v) is 6.82. The molecule has 0 bridgehead atoms. The molecular formula is C16H15BrO2. The third-order valence-electron chi connectivity index (χ3n) is 2.93. The summed E-state index contributed by atoms with van der Waals surface area (Å²) < 4.78 is 6.37. The summed E-state index contributed by atoms with van der Waals surface area (Å²) in [7, 11) is 0. The number of benzene rings is 2. The van der Waals surface area contributed by atoms with Crippen molar-refractivity contribution < 1.29 is 9.53 Å². The highest BCUT2D eigenvalue weighted by molar-refractivity contribution is 9.10. The summed E-state index contributed by atoms with van der Waals surface area (Å²) >= 11 is 3.42. The molecule has 3 heteroatoms. The van der Waals surface area contributed by atoms with Gasteiger partial charge in [-0.15, -0.1) is 0 Å². The van der Waals surface area contributed by atoms with E-state index in [4.69, 9.17) is 4.74 Å². The van der Waals surface area contributed by atoms with Crippen LogP contribution < -0.4 is 4.74 Å². The molecule has 0 unspecified atom stereocenters. The van der Waals surface area contributed by atoms with Crippen LogP contribution >= 0.6 is 15.9 Å². The molecule has 0 amide bonds. The quantitative estimate of drug-likeness (QED) is 0.597. The summed E-state index contributed by atoms with van der Waals surface area (Å²) in [5, 5.41) is 0. The molecule has 0 radical (unpaired) electrons. The van der Waals surface area contributed by atoms with Gasteiger partial charge in [-0.05, 0) is 56.2 Å². The topological polar surface area (TPSA) is 26.3 Å². The van der Waals surface area contributed by atoms with Gasteiger partial charge in [-0.2, -0.15) is 0 Å². The second kappa shape index (κ2) is 5.57. The maximum Gasteiger partial charge on any atom is 0.344 e. The lowest BCUT2D eigenvalue weighted by Crippen LogP contribution is -2.12. The van der Waals surface area contributed by atoms with Crippen LogP contribution in [0.4, 0.5) is 0 Å². The van der Waals surface area contributed by atoms with Crippen molar-refractivity contribution in [2.45, 2.75) is 20.8 Å². The zero-order chi connectivity index (χ0) is 14.0. The minimum atomic E-state index is -0.314. The predicted octanol–water partition coefficient (Wildman–Crippen LogP) is 4.59. The van der Waals surface area contributed by atoms with Crippen molar-refractivity contribution in [3.63, 3.8) is 0 Å². The minimum Gasteiger partial charge on any atom is -0.423 e. The predicted molar refractivity (Wildman–Crippen MR) is 79.8 cm³/mol. The first-order valence-electron chi connectivity index (χ1n) is 6.03. The number of esters is 1. The van der Waals surface area contributed by atoms with Crippen molar-refractivity contribution in [2.75, 3.05) is 0 Å². The van der Waals surface area contributed by atoms with E-state index < -0.39 is 0 Å². The fraction of sp³-hybridized carbons (Fsp3) is 0.188. The first kappa shape index (κ1) is 13.8. The molecule has 2 aromatic rings. The van der Waals surface area contributed by atoms with E-state index in [1.165, 1.54) is 0 Å². The number of aryl methyl sites for hydroxylation is 3. The summed E-state index contributed by atoms with van der Waals surface area (Å²) in [5.74, 6) is 0.253. The summed E-state index contributed by atoms with van der Waals surface area (Å²) in [6, 6.07) is 11.3. The van der Waals surface area contributed by atoms with Gasteiger partial charge in [-0.25, -0.2) is 4.79 Å².